The molecule has 5 nitrogen and oxygen atoms in total. The summed E-state index contributed by atoms with van der Waals surface area (Å²) in [6.45, 7) is 3.81. The summed E-state index contributed by atoms with van der Waals surface area (Å²) >= 11 is 6.22. The molecule has 0 bridgehead atoms. The van der Waals surface area contributed by atoms with E-state index in [1.165, 1.54) is 0 Å². The van der Waals surface area contributed by atoms with Gasteiger partial charge in [0.05, 0.1) is 5.69 Å². The maximum Gasteiger partial charge on any atom is 0.262 e. The maximum absolute atomic E-state index is 13.0. The molecule has 0 aliphatic carbocycles. The van der Waals surface area contributed by atoms with Gasteiger partial charge in [-0.15, -0.1) is 0 Å². The smallest absolute Gasteiger partial charge is 0.262 e. The fourth-order valence-electron chi connectivity index (χ4n) is 2.87. The van der Waals surface area contributed by atoms with E-state index in [-0.39, 0.29) is 11.5 Å². The van der Waals surface area contributed by atoms with Crippen molar-refractivity contribution in [2.45, 2.75) is 13.8 Å². The summed E-state index contributed by atoms with van der Waals surface area (Å²) in [5.41, 5.74) is 3.61. The van der Waals surface area contributed by atoms with Crippen molar-refractivity contribution in [2.75, 3.05) is 5.32 Å². The predicted octanol–water partition coefficient (Wildman–Crippen LogP) is 5.58. The lowest BCUT2D eigenvalue weighted by molar-refractivity contribution is 0.102. The molecule has 0 radical (unpaired) electrons. The van der Waals surface area contributed by atoms with Crippen LogP contribution in [0.1, 0.15) is 21.5 Å². The van der Waals surface area contributed by atoms with Crippen molar-refractivity contribution in [2.24, 2.45) is 4.99 Å². The first-order chi connectivity index (χ1) is 14.0. The molecule has 6 heteroatoms. The SMILES string of the molecule is Cc1ccc(NC(=O)c2cc3ccccc3oc2=Nc2cccc(Cl)c2C)nc1. The molecule has 0 aliphatic rings. The van der Waals surface area contributed by atoms with Gasteiger partial charge in [0, 0.05) is 16.6 Å². The number of benzene rings is 2. The summed E-state index contributed by atoms with van der Waals surface area (Å²) in [6.07, 6.45) is 1.70. The van der Waals surface area contributed by atoms with Gasteiger partial charge in [0.1, 0.15) is 17.0 Å². The quantitative estimate of drug-likeness (QED) is 0.485. The van der Waals surface area contributed by atoms with E-state index >= 15 is 0 Å². The summed E-state index contributed by atoms with van der Waals surface area (Å²) in [5.74, 6) is 0.105. The Labute approximate surface area is 172 Å². The Morgan fingerprint density at radius 1 is 1.07 bits per heavy atom. The van der Waals surface area contributed by atoms with Gasteiger partial charge in [0.25, 0.3) is 5.91 Å². The fraction of sp³-hybridized carbons (Fsp3) is 0.0870. The van der Waals surface area contributed by atoms with Gasteiger partial charge in [-0.05, 0) is 55.3 Å². The van der Waals surface area contributed by atoms with E-state index in [4.69, 9.17) is 16.0 Å². The molecular weight excluding hydrogens is 386 g/mol. The molecule has 0 unspecified atom stereocenters. The average Bonchev–Trinajstić information content (AvgIpc) is 2.72. The van der Waals surface area contributed by atoms with Crippen molar-refractivity contribution in [1.29, 1.82) is 0 Å². The minimum atomic E-state index is -0.353. The second kappa shape index (κ2) is 7.89. The number of hydrogen-bond acceptors (Lipinski definition) is 4. The van der Waals surface area contributed by atoms with Crippen LogP contribution in [0.5, 0.6) is 0 Å². The molecule has 144 valence electrons. The highest BCUT2D eigenvalue weighted by molar-refractivity contribution is 6.31. The molecule has 0 aliphatic heterocycles. The van der Waals surface area contributed by atoms with Crippen LogP contribution in [0.25, 0.3) is 11.0 Å². The third-order valence-corrected chi connectivity index (χ3v) is 4.92. The van der Waals surface area contributed by atoms with E-state index in [0.717, 1.165) is 16.5 Å². The predicted molar refractivity (Wildman–Crippen MR) is 115 cm³/mol. The van der Waals surface area contributed by atoms with Crippen molar-refractivity contribution in [3.05, 3.63) is 94.1 Å². The maximum atomic E-state index is 13.0. The van der Waals surface area contributed by atoms with Crippen molar-refractivity contribution >= 4 is 40.0 Å². The van der Waals surface area contributed by atoms with Gasteiger partial charge in [-0.2, -0.15) is 0 Å². The van der Waals surface area contributed by atoms with Crippen LogP contribution in [-0.2, 0) is 0 Å². The average molecular weight is 404 g/mol. The Hall–Kier alpha value is -3.44. The highest BCUT2D eigenvalue weighted by atomic mass is 35.5. The first kappa shape index (κ1) is 18.9. The van der Waals surface area contributed by atoms with Crippen LogP contribution < -0.4 is 10.9 Å². The van der Waals surface area contributed by atoms with Crippen molar-refractivity contribution < 1.29 is 9.21 Å². The number of hydrogen-bond donors (Lipinski definition) is 1. The molecule has 2 aromatic heterocycles. The molecule has 2 aromatic carbocycles. The van der Waals surface area contributed by atoms with E-state index in [1.54, 1.807) is 24.4 Å². The molecule has 0 saturated heterocycles. The van der Waals surface area contributed by atoms with Crippen LogP contribution in [0.15, 0.2) is 76.3 Å². The Kier molecular flexibility index (Phi) is 5.14. The number of carbonyl (C=O) groups is 1. The van der Waals surface area contributed by atoms with Gasteiger partial charge in [-0.3, -0.25) is 4.79 Å². The molecule has 2 heterocycles. The second-order valence-electron chi connectivity index (χ2n) is 6.67. The van der Waals surface area contributed by atoms with Gasteiger partial charge < -0.3 is 9.73 Å². The Bertz CT molecular complexity index is 1280. The van der Waals surface area contributed by atoms with Crippen LogP contribution in [-0.4, -0.2) is 10.9 Å². The van der Waals surface area contributed by atoms with E-state index < -0.39 is 0 Å². The summed E-state index contributed by atoms with van der Waals surface area (Å²) in [4.78, 5) is 21.8. The first-order valence-electron chi connectivity index (χ1n) is 9.08. The molecule has 4 aromatic rings. The number of aromatic nitrogens is 1. The number of nitrogens with one attached hydrogen (secondary N) is 1. The number of amides is 1. The van der Waals surface area contributed by atoms with Crippen LogP contribution in [0.2, 0.25) is 5.02 Å². The summed E-state index contributed by atoms with van der Waals surface area (Å²) < 4.78 is 5.98. The van der Waals surface area contributed by atoms with Crippen LogP contribution in [0, 0.1) is 13.8 Å². The van der Waals surface area contributed by atoms with Crippen LogP contribution in [0.3, 0.4) is 0 Å². The van der Waals surface area contributed by atoms with Gasteiger partial charge in [0.2, 0.25) is 5.55 Å². The Balaban J connectivity index is 1.86. The van der Waals surface area contributed by atoms with E-state index in [9.17, 15) is 4.79 Å². The van der Waals surface area contributed by atoms with Gasteiger partial charge in [-0.25, -0.2) is 9.98 Å². The summed E-state index contributed by atoms with van der Waals surface area (Å²) in [7, 11) is 0. The Morgan fingerprint density at radius 3 is 2.69 bits per heavy atom. The molecule has 0 atom stereocenters. The largest absolute Gasteiger partial charge is 0.438 e. The zero-order chi connectivity index (χ0) is 20.4. The number of aryl methyl sites for hydroxylation is 1. The first-order valence-corrected chi connectivity index (χ1v) is 9.46. The highest BCUT2D eigenvalue weighted by Crippen LogP contribution is 2.25. The second-order valence-corrected chi connectivity index (χ2v) is 7.08. The third-order valence-electron chi connectivity index (χ3n) is 4.51. The summed E-state index contributed by atoms with van der Waals surface area (Å²) in [5, 5.41) is 4.21. The van der Waals surface area contributed by atoms with E-state index in [0.29, 0.717) is 27.7 Å². The number of pyridine rings is 1. The monoisotopic (exact) mass is 403 g/mol. The number of carbonyl (C=O) groups excluding carboxylic acids is 1. The number of rotatable bonds is 3. The van der Waals surface area contributed by atoms with E-state index in [2.05, 4.69) is 15.3 Å². The lowest BCUT2D eigenvalue weighted by atomic mass is 10.1. The molecule has 4 rings (SSSR count). The van der Waals surface area contributed by atoms with Crippen molar-refractivity contribution in [1.82, 2.24) is 4.98 Å². The molecule has 29 heavy (non-hydrogen) atoms. The van der Waals surface area contributed by atoms with Gasteiger partial charge in [-0.1, -0.05) is 41.9 Å². The van der Waals surface area contributed by atoms with E-state index in [1.807, 2.05) is 56.3 Å². The minimum absolute atomic E-state index is 0.207. The van der Waals surface area contributed by atoms with Crippen LogP contribution >= 0.6 is 11.6 Å². The fourth-order valence-corrected chi connectivity index (χ4v) is 3.04. The number of nitrogens with zero attached hydrogens (tertiary/aromatic N) is 2. The van der Waals surface area contributed by atoms with Gasteiger partial charge >= 0.3 is 0 Å². The number of halogens is 1. The minimum Gasteiger partial charge on any atom is -0.438 e. The molecule has 0 spiro atoms. The zero-order valence-electron chi connectivity index (χ0n) is 15.9. The molecule has 0 saturated carbocycles. The standard InChI is InChI=1S/C23H18ClN3O2/c1-14-10-11-21(25-13-14)27-22(28)17-12-16-6-3-4-9-20(16)29-23(17)26-19-8-5-7-18(24)15(19)2/h3-13H,1-2H3,(H,25,27,28). The van der Waals surface area contributed by atoms with Crippen molar-refractivity contribution in [3.8, 4) is 0 Å². The topological polar surface area (TPSA) is 67.5 Å². The van der Waals surface area contributed by atoms with Gasteiger partial charge in [0.15, 0.2) is 0 Å². The van der Waals surface area contributed by atoms with Crippen LogP contribution in [0.4, 0.5) is 11.5 Å². The lowest BCUT2D eigenvalue weighted by Crippen LogP contribution is -2.22. The molecule has 0 fully saturated rings. The summed E-state index contributed by atoms with van der Waals surface area (Å²) in [6, 6.07) is 18.3. The normalized spacial score (nSPS) is 11.6. The lowest BCUT2D eigenvalue weighted by Gasteiger charge is -2.07. The molecule has 1 amide bonds. The zero-order valence-corrected chi connectivity index (χ0v) is 16.7. The third kappa shape index (κ3) is 4.05. The molecule has 1 N–H and O–H groups in total. The molecular formula is C23H18ClN3O2. The van der Waals surface area contributed by atoms with Crippen molar-refractivity contribution in [3.63, 3.8) is 0 Å². The Morgan fingerprint density at radius 2 is 1.90 bits per heavy atom. The highest BCUT2D eigenvalue weighted by Gasteiger charge is 2.14. The number of para-hydroxylation sites is 1. The number of anilines is 1. The number of fused-ring (bicyclic) bond motifs is 1.